The number of hydrogen-bond acceptors (Lipinski definition) is 10. The number of ketones is 1. The summed E-state index contributed by atoms with van der Waals surface area (Å²) in [7, 11) is 0. The Balaban J connectivity index is 0.000000185. The minimum Gasteiger partial charge on any atom is -0.494 e. The molecular weight excluding hydrogens is 775 g/mol. The van der Waals surface area contributed by atoms with Crippen molar-refractivity contribution >= 4 is 62.2 Å². The van der Waals surface area contributed by atoms with Crippen LogP contribution in [0.4, 0.5) is 17.1 Å². The number of Topliss-reactive ketones (excluding diaryl/α,β-unsaturated/α-hetero) is 1. The number of imide groups is 1. The van der Waals surface area contributed by atoms with E-state index in [1.807, 2.05) is 66.7 Å². The number of non-ortho nitro benzene ring substituents is 1. The van der Waals surface area contributed by atoms with Gasteiger partial charge in [0.15, 0.2) is 5.88 Å². The largest absolute Gasteiger partial charge is 0.494 e. The summed E-state index contributed by atoms with van der Waals surface area (Å²) in [5.41, 5.74) is 3.69. The highest BCUT2D eigenvalue weighted by atomic mass is 16.6. The van der Waals surface area contributed by atoms with Crippen LogP contribution in [0.1, 0.15) is 53.1 Å². The fraction of sp³-hybridized carbons (Fsp3) is 0.191. The Morgan fingerprint density at radius 1 is 0.852 bits per heavy atom. The highest BCUT2D eigenvalue weighted by molar-refractivity contribution is 6.56. The Kier molecular flexibility index (Phi) is 8.49. The number of aromatic hydroxyl groups is 1. The van der Waals surface area contributed by atoms with Crippen LogP contribution in [0.25, 0.3) is 27.5 Å². The molecule has 0 bridgehead atoms. The normalized spacial score (nSPS) is 20.9. The van der Waals surface area contributed by atoms with Crippen molar-refractivity contribution < 1.29 is 24.4 Å². The van der Waals surface area contributed by atoms with Crippen molar-refractivity contribution in [3.8, 4) is 11.6 Å². The van der Waals surface area contributed by atoms with Crippen molar-refractivity contribution in [2.45, 2.75) is 38.8 Å². The van der Waals surface area contributed by atoms with Gasteiger partial charge in [0, 0.05) is 40.2 Å². The minimum absolute atomic E-state index is 0.0221. The molecule has 2 aromatic heterocycles. The Hall–Kier alpha value is -7.58. The number of aliphatic imine (C=N–C) groups is 1. The van der Waals surface area contributed by atoms with Crippen LogP contribution in [0.15, 0.2) is 125 Å². The number of para-hydroxylation sites is 4. The number of aromatic nitrogens is 3. The number of H-pyrrole nitrogens is 1. The second-order valence-electron chi connectivity index (χ2n) is 16.2. The molecule has 3 N–H and O–H groups in total. The summed E-state index contributed by atoms with van der Waals surface area (Å²) in [6.45, 7) is 5.83. The fourth-order valence-electron chi connectivity index (χ4n) is 9.72. The molecule has 6 heterocycles. The van der Waals surface area contributed by atoms with Gasteiger partial charge in [-0.25, -0.2) is 14.9 Å². The quantitative estimate of drug-likeness (QED) is 0.0918. The number of benzene rings is 5. The molecule has 2 amide bonds. The molecule has 0 saturated carbocycles. The molecule has 4 aliphatic heterocycles. The summed E-state index contributed by atoms with van der Waals surface area (Å²) < 4.78 is 1.57. The molecular formula is C47H37N7O7. The van der Waals surface area contributed by atoms with Gasteiger partial charge in [-0.2, -0.15) is 0 Å². The van der Waals surface area contributed by atoms with E-state index in [1.165, 1.54) is 12.1 Å². The number of aryl methyl sites for hydroxylation is 1. The molecule has 2 saturated heterocycles. The maximum Gasteiger partial charge on any atom is 0.271 e. The number of carbonyl (C=O) groups is 3. The third-order valence-corrected chi connectivity index (χ3v) is 12.3. The van der Waals surface area contributed by atoms with Gasteiger partial charge in [-0.15, -0.1) is 0 Å². The lowest BCUT2D eigenvalue weighted by Gasteiger charge is -2.32. The van der Waals surface area contributed by atoms with Crippen LogP contribution in [0.5, 0.6) is 5.88 Å². The van der Waals surface area contributed by atoms with E-state index in [9.17, 15) is 34.4 Å². The molecule has 14 nitrogen and oxygen atoms in total. The number of nitrogens with zero attached hydrogens (tertiary/aromatic N) is 5. The summed E-state index contributed by atoms with van der Waals surface area (Å²) in [5.74, 6) is -2.14. The molecule has 4 aliphatic rings. The number of nitrogens with one attached hydrogen (secondary N) is 2. The Morgan fingerprint density at radius 3 is 2.33 bits per heavy atom. The molecule has 2 unspecified atom stereocenters. The molecule has 5 aromatic carbocycles. The van der Waals surface area contributed by atoms with Gasteiger partial charge in [-0.3, -0.25) is 39.2 Å². The standard InChI is InChI=1S/C31H27N5O5.C16H10N2O2/c1-16(2)14-22-25-26(29(39)34(28(25)38)24-15-18(36(40)41)13-12-17(24)3)31(33-22)20-9-5-7-11-23(20)35-27(37)19-8-4-6-10-21(19)32-30(31)35;19-15-10-6-2-4-8-12(10)17-14(15)13-9-5-1-3-7-11(9)18-16(13)20/h4-13,15-16,22,25-26,33H,14H2,1-3H3;1-8,18,20H/t22?,25-,26+,31?;/m0./s1. The fourth-order valence-corrected chi connectivity index (χ4v) is 9.72. The molecule has 4 atom stereocenters. The molecule has 7 aromatic rings. The van der Waals surface area contributed by atoms with Gasteiger partial charge in [0.05, 0.1) is 50.3 Å². The number of nitro groups is 1. The first-order valence-corrected chi connectivity index (χ1v) is 20.0. The summed E-state index contributed by atoms with van der Waals surface area (Å²) in [5, 5.41) is 26.6. The van der Waals surface area contributed by atoms with E-state index in [2.05, 4.69) is 29.1 Å². The van der Waals surface area contributed by atoms with Crippen LogP contribution in [0, 0.1) is 34.8 Å². The van der Waals surface area contributed by atoms with Crippen molar-refractivity contribution in [1.29, 1.82) is 0 Å². The molecule has 0 aliphatic carbocycles. The van der Waals surface area contributed by atoms with E-state index in [4.69, 9.17) is 4.98 Å². The minimum atomic E-state index is -1.25. The van der Waals surface area contributed by atoms with Gasteiger partial charge in [0.25, 0.3) is 11.2 Å². The van der Waals surface area contributed by atoms with Crippen LogP contribution in [-0.4, -0.2) is 53.9 Å². The van der Waals surface area contributed by atoms with Gasteiger partial charge in [-0.1, -0.05) is 80.6 Å². The first-order chi connectivity index (χ1) is 29.4. The monoisotopic (exact) mass is 811 g/mol. The highest BCUT2D eigenvalue weighted by Crippen LogP contribution is 2.56. The van der Waals surface area contributed by atoms with E-state index in [0.29, 0.717) is 62.5 Å². The molecule has 14 heteroatoms. The summed E-state index contributed by atoms with van der Waals surface area (Å²) >= 11 is 0. The van der Waals surface area contributed by atoms with Gasteiger partial charge < -0.3 is 10.1 Å². The first-order valence-electron chi connectivity index (χ1n) is 20.0. The van der Waals surface area contributed by atoms with Crippen molar-refractivity contribution in [1.82, 2.24) is 19.9 Å². The SMILES string of the molecule is Cc1ccc([N+](=O)[O-])cc1N1C(=O)[C@H]2C(CC(C)C)NC3(c4ccccc4-n4c3nc3ccccc3c4=O)[C@H]2C1=O.O=C1C(c2c(O)[nH]c3ccccc23)=Nc2ccccc21. The van der Waals surface area contributed by atoms with Gasteiger partial charge in [0.2, 0.25) is 17.6 Å². The maximum atomic E-state index is 14.6. The lowest BCUT2D eigenvalue weighted by Crippen LogP contribution is -2.50. The Labute approximate surface area is 347 Å². The van der Waals surface area contributed by atoms with Gasteiger partial charge in [0.1, 0.15) is 17.1 Å². The van der Waals surface area contributed by atoms with Crippen LogP contribution < -0.4 is 15.8 Å². The van der Waals surface area contributed by atoms with Crippen molar-refractivity contribution in [2.24, 2.45) is 22.7 Å². The van der Waals surface area contributed by atoms with E-state index >= 15 is 0 Å². The predicted molar refractivity (Wildman–Crippen MR) is 229 cm³/mol. The Morgan fingerprint density at radius 2 is 1.56 bits per heavy atom. The summed E-state index contributed by atoms with van der Waals surface area (Å²) in [6.07, 6.45) is 0.601. The number of aromatic amines is 1. The van der Waals surface area contributed by atoms with Crippen molar-refractivity contribution in [2.75, 3.05) is 4.90 Å². The molecule has 1 spiro atoms. The number of rotatable bonds is 5. The van der Waals surface area contributed by atoms with Crippen LogP contribution in [-0.2, 0) is 15.1 Å². The third kappa shape index (κ3) is 5.45. The van der Waals surface area contributed by atoms with Gasteiger partial charge in [-0.05, 0) is 61.2 Å². The number of nitro benzene ring substituents is 1. The summed E-state index contributed by atoms with van der Waals surface area (Å²) in [6, 6.07) is 33.0. The maximum absolute atomic E-state index is 14.6. The summed E-state index contributed by atoms with van der Waals surface area (Å²) in [4.78, 5) is 79.6. The lowest BCUT2D eigenvalue weighted by atomic mass is 9.75. The molecule has 61 heavy (non-hydrogen) atoms. The number of anilines is 1. The smallest absolute Gasteiger partial charge is 0.271 e. The topological polar surface area (TPSA) is 193 Å². The van der Waals surface area contributed by atoms with Crippen LogP contribution >= 0.6 is 0 Å². The number of fused-ring (bicyclic) bond motifs is 10. The number of hydrogen-bond donors (Lipinski definition) is 3. The van der Waals surface area contributed by atoms with E-state index in [-0.39, 0.29) is 34.5 Å². The van der Waals surface area contributed by atoms with E-state index in [1.54, 1.807) is 47.9 Å². The average Bonchev–Trinajstić information content (AvgIpc) is 4.01. The third-order valence-electron chi connectivity index (χ3n) is 12.3. The van der Waals surface area contributed by atoms with E-state index < -0.39 is 40.2 Å². The molecule has 2 fully saturated rings. The van der Waals surface area contributed by atoms with Crippen molar-refractivity contribution in [3.05, 3.63) is 164 Å². The molecule has 302 valence electrons. The second kappa shape index (κ2) is 13.7. The number of carbonyl (C=O) groups excluding carboxylic acids is 3. The van der Waals surface area contributed by atoms with E-state index in [0.717, 1.165) is 15.8 Å². The highest BCUT2D eigenvalue weighted by Gasteiger charge is 2.70. The zero-order chi connectivity index (χ0) is 42.5. The van der Waals surface area contributed by atoms with Crippen molar-refractivity contribution in [3.63, 3.8) is 0 Å². The van der Waals surface area contributed by atoms with Crippen LogP contribution in [0.3, 0.4) is 0 Å². The zero-order valence-corrected chi connectivity index (χ0v) is 33.1. The second-order valence-corrected chi connectivity index (χ2v) is 16.2. The molecule has 11 rings (SSSR count). The van der Waals surface area contributed by atoms with Crippen LogP contribution in [0.2, 0.25) is 0 Å². The first kappa shape index (κ1) is 37.7. The number of amides is 2. The molecule has 0 radical (unpaired) electrons. The Bertz CT molecular complexity index is 3170. The average molecular weight is 812 g/mol. The predicted octanol–water partition coefficient (Wildman–Crippen LogP) is 7.17. The van der Waals surface area contributed by atoms with Gasteiger partial charge >= 0.3 is 0 Å². The zero-order valence-electron chi connectivity index (χ0n) is 33.1. The lowest BCUT2D eigenvalue weighted by molar-refractivity contribution is -0.384.